The molecule has 2 aliphatic rings. The number of hydrogen-bond donors (Lipinski definition) is 2. The van der Waals surface area contributed by atoms with E-state index in [-0.39, 0.29) is 5.91 Å². The topological polar surface area (TPSA) is 68.2 Å². The molecule has 0 aromatic carbocycles. The van der Waals surface area contributed by atoms with Crippen LogP contribution in [0.5, 0.6) is 0 Å². The van der Waals surface area contributed by atoms with Gasteiger partial charge in [-0.1, -0.05) is 0 Å². The summed E-state index contributed by atoms with van der Waals surface area (Å²) in [5.41, 5.74) is 0.949. The maximum atomic E-state index is 11.6. The second-order valence-corrected chi connectivity index (χ2v) is 4.97. The fourth-order valence-corrected chi connectivity index (χ4v) is 2.06. The molecular weight excluding hydrogens is 232 g/mol. The van der Waals surface area contributed by atoms with E-state index < -0.39 is 0 Å². The molecule has 1 aromatic rings. The first kappa shape index (κ1) is 11.5. The number of nitrogens with one attached hydrogen (secondary N) is 2. The molecule has 0 bridgehead atoms. The lowest BCUT2D eigenvalue weighted by molar-refractivity contribution is -0.122. The molecule has 1 saturated heterocycles. The Morgan fingerprint density at radius 3 is 3.06 bits per heavy atom. The molecule has 0 spiro atoms. The molecule has 1 saturated carbocycles. The number of carbonyl (C=O) groups is 1. The minimum Gasteiger partial charge on any atom is -0.379 e. The highest BCUT2D eigenvalue weighted by Crippen LogP contribution is 2.18. The normalized spacial score (nSPS) is 23.0. The summed E-state index contributed by atoms with van der Waals surface area (Å²) < 4.78 is 6.96. The molecule has 6 nitrogen and oxygen atoms in total. The van der Waals surface area contributed by atoms with E-state index >= 15 is 0 Å². The quantitative estimate of drug-likeness (QED) is 0.792. The lowest BCUT2D eigenvalue weighted by atomic mass is 10.2. The zero-order valence-electron chi connectivity index (χ0n) is 10.3. The van der Waals surface area contributed by atoms with Gasteiger partial charge in [-0.25, -0.2) is 0 Å². The summed E-state index contributed by atoms with van der Waals surface area (Å²) in [5, 5.41) is 10.5. The summed E-state index contributed by atoms with van der Waals surface area (Å²) in [4.78, 5) is 11.6. The van der Waals surface area contributed by atoms with Crippen LogP contribution in [0.2, 0.25) is 0 Å². The van der Waals surface area contributed by atoms with Crippen LogP contribution in [0.15, 0.2) is 12.4 Å². The lowest BCUT2D eigenvalue weighted by Crippen LogP contribution is -2.29. The van der Waals surface area contributed by atoms with Gasteiger partial charge in [0.05, 0.1) is 24.5 Å². The predicted molar refractivity (Wildman–Crippen MR) is 66.2 cm³/mol. The van der Waals surface area contributed by atoms with E-state index in [9.17, 15) is 4.79 Å². The molecule has 1 amide bonds. The highest BCUT2D eigenvalue weighted by atomic mass is 16.5. The second kappa shape index (κ2) is 4.97. The molecule has 6 heteroatoms. The van der Waals surface area contributed by atoms with Crippen molar-refractivity contribution in [2.24, 2.45) is 0 Å². The maximum absolute atomic E-state index is 11.6. The number of ether oxygens (including phenoxy) is 1. The fraction of sp³-hybridized carbons (Fsp3) is 0.667. The van der Waals surface area contributed by atoms with Crippen molar-refractivity contribution in [1.29, 1.82) is 0 Å². The minimum absolute atomic E-state index is 0.0383. The van der Waals surface area contributed by atoms with Crippen LogP contribution in [0, 0.1) is 0 Å². The number of rotatable bonds is 5. The third kappa shape index (κ3) is 3.01. The van der Waals surface area contributed by atoms with Crippen LogP contribution < -0.4 is 10.6 Å². The average Bonchev–Trinajstić information content (AvgIpc) is 2.84. The van der Waals surface area contributed by atoms with Gasteiger partial charge in [0, 0.05) is 18.8 Å². The molecule has 98 valence electrons. The van der Waals surface area contributed by atoms with Crippen molar-refractivity contribution in [3.05, 3.63) is 12.4 Å². The van der Waals surface area contributed by atoms with Gasteiger partial charge in [-0.15, -0.1) is 0 Å². The zero-order valence-corrected chi connectivity index (χ0v) is 10.3. The van der Waals surface area contributed by atoms with Gasteiger partial charge in [-0.3, -0.25) is 9.48 Å². The van der Waals surface area contributed by atoms with Gasteiger partial charge in [0.15, 0.2) is 0 Å². The highest BCUT2D eigenvalue weighted by Gasteiger charge is 2.23. The monoisotopic (exact) mass is 250 g/mol. The van der Waals surface area contributed by atoms with Crippen molar-refractivity contribution in [1.82, 2.24) is 15.1 Å². The van der Waals surface area contributed by atoms with Crippen molar-refractivity contribution in [2.45, 2.75) is 37.9 Å². The van der Waals surface area contributed by atoms with E-state index in [4.69, 9.17) is 4.74 Å². The molecule has 1 aliphatic heterocycles. The first-order chi connectivity index (χ1) is 8.79. The van der Waals surface area contributed by atoms with E-state index in [2.05, 4.69) is 15.7 Å². The summed E-state index contributed by atoms with van der Waals surface area (Å²) in [7, 11) is 0. The molecule has 2 heterocycles. The summed E-state index contributed by atoms with van der Waals surface area (Å²) in [6, 6.07) is 0.768. The Morgan fingerprint density at radius 2 is 2.33 bits per heavy atom. The molecular formula is C12H18N4O2. The molecule has 2 fully saturated rings. The van der Waals surface area contributed by atoms with Crippen LogP contribution in [0.3, 0.4) is 0 Å². The minimum atomic E-state index is 0.0383. The van der Waals surface area contributed by atoms with Crippen LogP contribution in [-0.4, -0.2) is 41.0 Å². The van der Waals surface area contributed by atoms with Crippen molar-refractivity contribution in [2.75, 3.05) is 18.5 Å². The molecule has 0 radical (unpaired) electrons. The molecule has 1 unspecified atom stereocenters. The number of nitrogens with zero attached hydrogens (tertiary/aromatic N) is 2. The Labute approximate surface area is 106 Å². The third-order valence-corrected chi connectivity index (χ3v) is 3.18. The van der Waals surface area contributed by atoms with E-state index in [1.54, 1.807) is 10.9 Å². The highest BCUT2D eigenvalue weighted by molar-refractivity contribution is 5.76. The third-order valence-electron chi connectivity index (χ3n) is 3.18. The van der Waals surface area contributed by atoms with Crippen molar-refractivity contribution >= 4 is 11.6 Å². The van der Waals surface area contributed by atoms with E-state index in [0.29, 0.717) is 18.6 Å². The summed E-state index contributed by atoms with van der Waals surface area (Å²) in [5.74, 6) is 0.0383. The molecule has 2 N–H and O–H groups in total. The Kier molecular flexibility index (Phi) is 3.19. The van der Waals surface area contributed by atoms with Crippen molar-refractivity contribution < 1.29 is 9.53 Å². The number of hydrogen-bond acceptors (Lipinski definition) is 4. The second-order valence-electron chi connectivity index (χ2n) is 4.97. The Bertz CT molecular complexity index is 421. The smallest absolute Gasteiger partial charge is 0.241 e. The molecule has 1 aliphatic carbocycles. The average molecular weight is 250 g/mol. The van der Waals surface area contributed by atoms with E-state index in [1.165, 1.54) is 0 Å². The maximum Gasteiger partial charge on any atom is 0.241 e. The van der Waals surface area contributed by atoms with Gasteiger partial charge in [0.2, 0.25) is 5.91 Å². The first-order valence-corrected chi connectivity index (χ1v) is 6.46. The van der Waals surface area contributed by atoms with Crippen LogP contribution >= 0.6 is 0 Å². The number of anilines is 1. The van der Waals surface area contributed by atoms with Crippen molar-refractivity contribution in [3.63, 3.8) is 0 Å². The van der Waals surface area contributed by atoms with Gasteiger partial charge in [0.25, 0.3) is 0 Å². The summed E-state index contributed by atoms with van der Waals surface area (Å²) in [6.07, 6.45) is 6.86. The number of carbonyl (C=O) groups excluding carboxylic acids is 1. The number of amides is 1. The SMILES string of the molecule is O=C(Cn1cc(NC2CCOC2)cn1)NC1CC1. The van der Waals surface area contributed by atoms with Gasteiger partial charge in [-0.05, 0) is 19.3 Å². The largest absolute Gasteiger partial charge is 0.379 e. The van der Waals surface area contributed by atoms with Crippen molar-refractivity contribution in [3.8, 4) is 0 Å². The molecule has 3 rings (SSSR count). The van der Waals surface area contributed by atoms with Crippen LogP contribution in [0.4, 0.5) is 5.69 Å². The van der Waals surface area contributed by atoms with Crippen LogP contribution in [0.25, 0.3) is 0 Å². The Balaban J connectivity index is 1.50. The fourth-order valence-electron chi connectivity index (χ4n) is 2.06. The van der Waals surface area contributed by atoms with Gasteiger partial charge < -0.3 is 15.4 Å². The van der Waals surface area contributed by atoms with Crippen LogP contribution in [-0.2, 0) is 16.1 Å². The zero-order chi connectivity index (χ0) is 12.4. The molecule has 1 atom stereocenters. The van der Waals surface area contributed by atoms with Gasteiger partial charge in [-0.2, -0.15) is 5.10 Å². The van der Waals surface area contributed by atoms with Gasteiger partial charge in [0.1, 0.15) is 6.54 Å². The van der Waals surface area contributed by atoms with Gasteiger partial charge >= 0.3 is 0 Å². The predicted octanol–water partition coefficient (Wildman–Crippen LogP) is 0.362. The first-order valence-electron chi connectivity index (χ1n) is 6.46. The van der Waals surface area contributed by atoms with E-state index in [0.717, 1.165) is 38.2 Å². The lowest BCUT2D eigenvalue weighted by Gasteiger charge is -2.08. The summed E-state index contributed by atoms with van der Waals surface area (Å²) in [6.45, 7) is 1.85. The standard InChI is InChI=1S/C12H18N4O2/c17-12(15-9-1-2-9)7-16-6-11(5-13-16)14-10-3-4-18-8-10/h5-6,9-10,14H,1-4,7-8H2,(H,15,17). The van der Waals surface area contributed by atoms with E-state index in [1.807, 2.05) is 6.20 Å². The molecule has 18 heavy (non-hydrogen) atoms. The van der Waals surface area contributed by atoms with Crippen LogP contribution in [0.1, 0.15) is 19.3 Å². The summed E-state index contributed by atoms with van der Waals surface area (Å²) >= 11 is 0. The Hall–Kier alpha value is -1.56. The Morgan fingerprint density at radius 1 is 1.44 bits per heavy atom. The number of aromatic nitrogens is 2. The molecule has 1 aromatic heterocycles.